The van der Waals surface area contributed by atoms with Gasteiger partial charge in [0.05, 0.1) is 25.8 Å². The highest BCUT2D eigenvalue weighted by Gasteiger charge is 2.54. The van der Waals surface area contributed by atoms with Crippen LogP contribution in [0.15, 0.2) is 66.7 Å². The fourth-order valence-corrected chi connectivity index (χ4v) is 4.94. The van der Waals surface area contributed by atoms with Gasteiger partial charge in [0.1, 0.15) is 5.75 Å². The molecule has 1 atom stereocenters. The summed E-state index contributed by atoms with van der Waals surface area (Å²) in [6.07, 6.45) is -1.08. The molecule has 1 aliphatic rings. The standard InChI is InChI=1S/C32H38N4O6/c1-6-41-29(42-7-2)20-36-27-17-16-25(40-5)18-26(27)32(30(36)38,19-28(37)33-23-12-8-21(3)9-13-23)35-31(39)34-24-14-10-22(4)11-15-24/h8-18,29H,6-7,19-20H2,1-5H3,(H,33,37)(H2,34,35,39). The van der Waals surface area contributed by atoms with E-state index in [0.717, 1.165) is 11.1 Å². The second kappa shape index (κ2) is 13.5. The summed E-state index contributed by atoms with van der Waals surface area (Å²) < 4.78 is 17.0. The van der Waals surface area contributed by atoms with Crippen LogP contribution in [0.5, 0.6) is 5.75 Å². The molecular formula is C32H38N4O6. The van der Waals surface area contributed by atoms with Gasteiger partial charge in [0.25, 0.3) is 5.91 Å². The predicted octanol–water partition coefficient (Wildman–Crippen LogP) is 5.10. The van der Waals surface area contributed by atoms with Crippen molar-refractivity contribution in [3.8, 4) is 5.75 Å². The summed E-state index contributed by atoms with van der Waals surface area (Å²) in [4.78, 5) is 43.0. The first-order chi connectivity index (χ1) is 20.2. The average Bonchev–Trinajstić information content (AvgIpc) is 3.17. The van der Waals surface area contributed by atoms with Crippen LogP contribution in [0.4, 0.5) is 21.9 Å². The molecule has 4 amide bonds. The van der Waals surface area contributed by atoms with Crippen LogP contribution in [0, 0.1) is 13.8 Å². The SMILES string of the molecule is CCOC(CN1C(=O)C(CC(=O)Nc2ccc(C)cc2)(NC(=O)Nc2ccc(C)cc2)c2cc(OC)ccc21)OCC. The molecule has 0 aliphatic carbocycles. The lowest BCUT2D eigenvalue weighted by Crippen LogP contribution is -2.56. The molecular weight excluding hydrogens is 536 g/mol. The summed E-state index contributed by atoms with van der Waals surface area (Å²) in [5.41, 5.74) is 2.38. The van der Waals surface area contributed by atoms with E-state index in [0.29, 0.717) is 41.6 Å². The Balaban J connectivity index is 1.75. The molecule has 0 saturated heterocycles. The lowest BCUT2D eigenvalue weighted by molar-refractivity contribution is -0.138. The van der Waals surface area contributed by atoms with Crippen molar-refractivity contribution < 1.29 is 28.6 Å². The van der Waals surface area contributed by atoms with Crippen LogP contribution >= 0.6 is 0 Å². The topological polar surface area (TPSA) is 118 Å². The van der Waals surface area contributed by atoms with Crippen molar-refractivity contribution in [3.05, 3.63) is 83.4 Å². The van der Waals surface area contributed by atoms with Gasteiger partial charge >= 0.3 is 6.03 Å². The fraction of sp³-hybridized carbons (Fsp3) is 0.344. The van der Waals surface area contributed by atoms with Gasteiger partial charge in [-0.05, 0) is 70.2 Å². The first-order valence-electron chi connectivity index (χ1n) is 13.9. The number of anilines is 3. The van der Waals surface area contributed by atoms with Gasteiger partial charge in [-0.15, -0.1) is 0 Å². The Labute approximate surface area is 246 Å². The van der Waals surface area contributed by atoms with Crippen molar-refractivity contribution in [1.82, 2.24) is 5.32 Å². The first kappa shape index (κ1) is 30.5. The molecule has 0 spiro atoms. The van der Waals surface area contributed by atoms with Crippen molar-refractivity contribution in [1.29, 1.82) is 0 Å². The highest BCUT2D eigenvalue weighted by Crippen LogP contribution is 2.44. The summed E-state index contributed by atoms with van der Waals surface area (Å²) >= 11 is 0. The number of carbonyl (C=O) groups is 3. The molecule has 0 saturated carbocycles. The van der Waals surface area contributed by atoms with Gasteiger partial charge < -0.3 is 35.1 Å². The van der Waals surface area contributed by atoms with E-state index in [4.69, 9.17) is 14.2 Å². The quantitative estimate of drug-likeness (QED) is 0.259. The molecule has 0 radical (unpaired) electrons. The van der Waals surface area contributed by atoms with E-state index in [-0.39, 0.29) is 13.0 Å². The minimum atomic E-state index is -1.75. The van der Waals surface area contributed by atoms with Gasteiger partial charge in [-0.1, -0.05) is 35.4 Å². The van der Waals surface area contributed by atoms with Gasteiger partial charge in [-0.25, -0.2) is 4.79 Å². The molecule has 10 heteroatoms. The van der Waals surface area contributed by atoms with Crippen LogP contribution in [0.1, 0.15) is 37.0 Å². The van der Waals surface area contributed by atoms with Crippen LogP contribution < -0.4 is 25.6 Å². The molecule has 0 aromatic heterocycles. The normalized spacial score (nSPS) is 15.9. The average molecular weight is 575 g/mol. The predicted molar refractivity (Wildman–Crippen MR) is 162 cm³/mol. The summed E-state index contributed by atoms with van der Waals surface area (Å²) in [7, 11) is 1.51. The molecule has 1 aliphatic heterocycles. The molecule has 0 bridgehead atoms. The number of benzene rings is 3. The Morgan fingerprint density at radius 2 is 1.43 bits per heavy atom. The van der Waals surface area contributed by atoms with E-state index >= 15 is 0 Å². The third-order valence-corrected chi connectivity index (χ3v) is 7.00. The summed E-state index contributed by atoms with van der Waals surface area (Å²) in [6.45, 7) is 8.39. The number of methoxy groups -OCH3 is 1. The maximum atomic E-state index is 14.4. The number of ether oxygens (including phenoxy) is 3. The van der Waals surface area contributed by atoms with Gasteiger partial charge in [0.2, 0.25) is 5.91 Å². The minimum absolute atomic E-state index is 0.0580. The number of aryl methyl sites for hydroxylation is 2. The van der Waals surface area contributed by atoms with E-state index in [1.807, 2.05) is 52.0 Å². The molecule has 1 unspecified atom stereocenters. The van der Waals surface area contributed by atoms with Gasteiger partial charge in [-0.3, -0.25) is 9.59 Å². The lowest BCUT2D eigenvalue weighted by Gasteiger charge is -2.30. The van der Waals surface area contributed by atoms with Crippen LogP contribution in [0.2, 0.25) is 0 Å². The third kappa shape index (κ3) is 6.89. The minimum Gasteiger partial charge on any atom is -0.497 e. The van der Waals surface area contributed by atoms with Crippen molar-refractivity contribution in [2.75, 3.05) is 42.4 Å². The Kier molecular flexibility index (Phi) is 9.82. The summed E-state index contributed by atoms with van der Waals surface area (Å²) in [5, 5.41) is 8.52. The Morgan fingerprint density at radius 1 is 0.857 bits per heavy atom. The molecule has 3 N–H and O–H groups in total. The van der Waals surface area contributed by atoms with Crippen molar-refractivity contribution in [3.63, 3.8) is 0 Å². The van der Waals surface area contributed by atoms with Crippen LogP contribution in [0.3, 0.4) is 0 Å². The number of hydrogen-bond donors (Lipinski definition) is 3. The molecule has 1 heterocycles. The number of carbonyl (C=O) groups excluding carboxylic acids is 3. The number of nitrogens with zero attached hydrogens (tertiary/aromatic N) is 1. The van der Waals surface area contributed by atoms with E-state index in [1.165, 1.54) is 12.0 Å². The number of rotatable bonds is 12. The van der Waals surface area contributed by atoms with Crippen molar-refractivity contribution in [2.45, 2.75) is 45.9 Å². The van der Waals surface area contributed by atoms with Crippen LogP contribution in [-0.2, 0) is 24.6 Å². The zero-order valence-electron chi connectivity index (χ0n) is 24.7. The number of amides is 4. The number of fused-ring (bicyclic) bond motifs is 1. The van der Waals surface area contributed by atoms with E-state index in [1.54, 1.807) is 42.5 Å². The van der Waals surface area contributed by atoms with Crippen molar-refractivity contribution in [2.24, 2.45) is 0 Å². The maximum absolute atomic E-state index is 14.4. The number of hydrogen-bond acceptors (Lipinski definition) is 6. The van der Waals surface area contributed by atoms with Crippen LogP contribution in [0.25, 0.3) is 0 Å². The van der Waals surface area contributed by atoms with E-state index in [2.05, 4.69) is 16.0 Å². The van der Waals surface area contributed by atoms with Gasteiger partial charge in [-0.2, -0.15) is 0 Å². The maximum Gasteiger partial charge on any atom is 0.320 e. The summed E-state index contributed by atoms with van der Waals surface area (Å²) in [6, 6.07) is 19.1. The third-order valence-electron chi connectivity index (χ3n) is 7.00. The fourth-order valence-electron chi connectivity index (χ4n) is 4.94. The molecule has 3 aromatic rings. The van der Waals surface area contributed by atoms with Gasteiger partial charge in [0, 0.05) is 30.2 Å². The highest BCUT2D eigenvalue weighted by atomic mass is 16.7. The van der Waals surface area contributed by atoms with Gasteiger partial charge in [0.15, 0.2) is 11.8 Å². The second-order valence-electron chi connectivity index (χ2n) is 10.1. The Morgan fingerprint density at radius 3 is 1.98 bits per heavy atom. The molecule has 3 aromatic carbocycles. The number of nitrogens with one attached hydrogen (secondary N) is 3. The zero-order valence-corrected chi connectivity index (χ0v) is 24.7. The van der Waals surface area contributed by atoms with E-state index in [9.17, 15) is 14.4 Å². The van der Waals surface area contributed by atoms with E-state index < -0.39 is 29.7 Å². The monoisotopic (exact) mass is 574 g/mol. The smallest absolute Gasteiger partial charge is 0.320 e. The Hall–Kier alpha value is -4.41. The van der Waals surface area contributed by atoms with Crippen LogP contribution in [-0.4, -0.2) is 51.0 Å². The molecule has 222 valence electrons. The molecule has 10 nitrogen and oxygen atoms in total. The molecule has 42 heavy (non-hydrogen) atoms. The second-order valence-corrected chi connectivity index (χ2v) is 10.1. The summed E-state index contributed by atoms with van der Waals surface area (Å²) in [5.74, 6) is -0.475. The first-order valence-corrected chi connectivity index (χ1v) is 13.9. The Bertz CT molecular complexity index is 1340. The molecule has 0 fully saturated rings. The zero-order chi connectivity index (χ0) is 30.3. The van der Waals surface area contributed by atoms with Crippen molar-refractivity contribution >= 4 is 34.9 Å². The lowest BCUT2D eigenvalue weighted by atomic mass is 9.87. The number of urea groups is 1. The highest BCUT2D eigenvalue weighted by molar-refractivity contribution is 6.13. The largest absolute Gasteiger partial charge is 0.497 e. The molecule has 4 rings (SSSR count).